The molecule has 3 atom stereocenters. The van der Waals surface area contributed by atoms with Crippen molar-refractivity contribution in [3.63, 3.8) is 0 Å². The number of fused-ring (bicyclic) bond motifs is 2. The first-order chi connectivity index (χ1) is 7.63. The standard InChI is InChI=1S/C10H18O.C2H2O4/c1-9(2)7-4-5-10(9,3)8(11)6-7;3-1(4)2(5)6/h7-8,11H,4-6H2,1-3H3;(H,3,4)(H,5,6)/t7-,8+,10-;/m1./s1. The maximum Gasteiger partial charge on any atom is 0.414 e. The number of rotatable bonds is 0. The van der Waals surface area contributed by atoms with Crippen LogP contribution in [0.2, 0.25) is 0 Å². The lowest BCUT2D eigenvalue weighted by atomic mass is 9.70. The lowest BCUT2D eigenvalue weighted by Crippen LogP contribution is -2.35. The van der Waals surface area contributed by atoms with Gasteiger partial charge in [0.2, 0.25) is 0 Å². The second-order valence-electron chi connectivity index (χ2n) is 5.74. The molecule has 2 bridgehead atoms. The summed E-state index contributed by atoms with van der Waals surface area (Å²) in [5, 5.41) is 24.6. The maximum absolute atomic E-state index is 9.81. The van der Waals surface area contributed by atoms with Crippen molar-refractivity contribution in [1.29, 1.82) is 0 Å². The van der Waals surface area contributed by atoms with Gasteiger partial charge in [-0.1, -0.05) is 20.8 Å². The summed E-state index contributed by atoms with van der Waals surface area (Å²) in [6, 6.07) is 0. The van der Waals surface area contributed by atoms with E-state index in [4.69, 9.17) is 19.8 Å². The Balaban J connectivity index is 0.000000209. The molecule has 0 aromatic rings. The number of carboxylic acids is 2. The van der Waals surface area contributed by atoms with Crippen molar-refractivity contribution in [3.05, 3.63) is 0 Å². The van der Waals surface area contributed by atoms with Crippen molar-refractivity contribution in [2.24, 2.45) is 16.7 Å². The van der Waals surface area contributed by atoms with Gasteiger partial charge in [0, 0.05) is 0 Å². The van der Waals surface area contributed by atoms with E-state index in [0.29, 0.717) is 5.41 Å². The van der Waals surface area contributed by atoms with Crippen LogP contribution in [0.1, 0.15) is 40.0 Å². The van der Waals surface area contributed by atoms with Gasteiger partial charge < -0.3 is 15.3 Å². The molecule has 0 aromatic heterocycles. The Hall–Kier alpha value is -1.10. The lowest BCUT2D eigenvalue weighted by Gasteiger charge is -2.36. The highest BCUT2D eigenvalue weighted by atomic mass is 16.4. The molecule has 0 aliphatic heterocycles. The van der Waals surface area contributed by atoms with Gasteiger partial charge in [0.05, 0.1) is 6.10 Å². The number of carboxylic acid groups (broad SMARTS) is 2. The topological polar surface area (TPSA) is 94.8 Å². The van der Waals surface area contributed by atoms with Crippen LogP contribution in [0.4, 0.5) is 0 Å². The van der Waals surface area contributed by atoms with E-state index in [0.717, 1.165) is 12.3 Å². The molecule has 0 radical (unpaired) electrons. The summed E-state index contributed by atoms with van der Waals surface area (Å²) >= 11 is 0. The van der Waals surface area contributed by atoms with Crippen LogP contribution in [0, 0.1) is 16.7 Å². The first kappa shape index (κ1) is 14.0. The van der Waals surface area contributed by atoms with Crippen molar-refractivity contribution in [1.82, 2.24) is 0 Å². The fourth-order valence-corrected chi connectivity index (χ4v) is 3.16. The zero-order valence-corrected chi connectivity index (χ0v) is 10.4. The predicted molar refractivity (Wildman–Crippen MR) is 60.5 cm³/mol. The molecule has 2 aliphatic rings. The molecule has 0 heterocycles. The van der Waals surface area contributed by atoms with Gasteiger partial charge in [0.15, 0.2) is 0 Å². The number of hydrogen-bond donors (Lipinski definition) is 3. The summed E-state index contributed by atoms with van der Waals surface area (Å²) in [4.78, 5) is 18.2. The first-order valence-corrected chi connectivity index (χ1v) is 5.77. The second kappa shape index (κ2) is 4.29. The molecular weight excluding hydrogens is 224 g/mol. The molecule has 0 saturated heterocycles. The summed E-state index contributed by atoms with van der Waals surface area (Å²) < 4.78 is 0. The highest BCUT2D eigenvalue weighted by molar-refractivity contribution is 6.27. The zero-order valence-electron chi connectivity index (χ0n) is 10.4. The average Bonchev–Trinajstić information content (AvgIpc) is 2.51. The zero-order chi connectivity index (χ0) is 13.4. The Morgan fingerprint density at radius 1 is 1.12 bits per heavy atom. The van der Waals surface area contributed by atoms with Gasteiger partial charge in [0.25, 0.3) is 0 Å². The number of carbonyl (C=O) groups is 2. The molecule has 0 unspecified atom stereocenters. The SMILES string of the molecule is CC1(C)[C@@H]2CC[C@]1(C)[C@@H](O)C2.O=C(O)C(=O)O. The second-order valence-corrected chi connectivity index (χ2v) is 5.74. The summed E-state index contributed by atoms with van der Waals surface area (Å²) in [5.74, 6) is -2.87. The van der Waals surface area contributed by atoms with Crippen LogP contribution in [0.15, 0.2) is 0 Å². The Bertz CT molecular complexity index is 324. The normalized spacial score (nSPS) is 37.2. The number of aliphatic hydroxyl groups is 1. The van der Waals surface area contributed by atoms with Crippen LogP contribution in [-0.4, -0.2) is 33.4 Å². The van der Waals surface area contributed by atoms with E-state index in [-0.39, 0.29) is 11.5 Å². The van der Waals surface area contributed by atoms with Crippen molar-refractivity contribution >= 4 is 11.9 Å². The molecule has 5 heteroatoms. The summed E-state index contributed by atoms with van der Waals surface area (Å²) in [7, 11) is 0. The fraction of sp³-hybridized carbons (Fsp3) is 0.833. The monoisotopic (exact) mass is 244 g/mol. The fourth-order valence-electron chi connectivity index (χ4n) is 3.16. The van der Waals surface area contributed by atoms with Crippen molar-refractivity contribution < 1.29 is 24.9 Å². The molecule has 5 nitrogen and oxygen atoms in total. The van der Waals surface area contributed by atoms with Crippen LogP contribution >= 0.6 is 0 Å². The van der Waals surface area contributed by atoms with Crippen molar-refractivity contribution in [2.45, 2.75) is 46.1 Å². The third-order valence-electron chi connectivity index (χ3n) is 4.93. The van der Waals surface area contributed by atoms with Gasteiger partial charge in [-0.05, 0) is 36.0 Å². The first-order valence-electron chi connectivity index (χ1n) is 5.77. The number of hydrogen-bond acceptors (Lipinski definition) is 3. The lowest BCUT2D eigenvalue weighted by molar-refractivity contribution is -0.159. The molecular formula is C12H20O5. The van der Waals surface area contributed by atoms with E-state index < -0.39 is 11.9 Å². The highest BCUT2D eigenvalue weighted by Crippen LogP contribution is 2.65. The Morgan fingerprint density at radius 3 is 1.71 bits per heavy atom. The molecule has 2 fully saturated rings. The van der Waals surface area contributed by atoms with Crippen LogP contribution in [0.5, 0.6) is 0 Å². The average molecular weight is 244 g/mol. The van der Waals surface area contributed by atoms with Gasteiger partial charge >= 0.3 is 11.9 Å². The van der Waals surface area contributed by atoms with Gasteiger partial charge in [-0.15, -0.1) is 0 Å². The van der Waals surface area contributed by atoms with E-state index in [2.05, 4.69) is 20.8 Å². The van der Waals surface area contributed by atoms with Gasteiger partial charge in [0.1, 0.15) is 0 Å². The van der Waals surface area contributed by atoms with Gasteiger partial charge in [-0.3, -0.25) is 0 Å². The van der Waals surface area contributed by atoms with Crippen molar-refractivity contribution in [2.75, 3.05) is 0 Å². The van der Waals surface area contributed by atoms with Gasteiger partial charge in [-0.25, -0.2) is 9.59 Å². The van der Waals surface area contributed by atoms with Gasteiger partial charge in [-0.2, -0.15) is 0 Å². The van der Waals surface area contributed by atoms with E-state index in [1.807, 2.05) is 0 Å². The molecule has 0 amide bonds. The molecule has 2 aliphatic carbocycles. The molecule has 2 saturated carbocycles. The smallest absolute Gasteiger partial charge is 0.414 e. The third kappa shape index (κ3) is 2.16. The molecule has 2 rings (SSSR count). The highest BCUT2D eigenvalue weighted by Gasteiger charge is 2.60. The van der Waals surface area contributed by atoms with E-state index in [1.165, 1.54) is 12.8 Å². The van der Waals surface area contributed by atoms with Crippen LogP contribution in [-0.2, 0) is 9.59 Å². The van der Waals surface area contributed by atoms with E-state index in [1.54, 1.807) is 0 Å². The van der Waals surface area contributed by atoms with E-state index in [9.17, 15) is 5.11 Å². The molecule has 0 aromatic carbocycles. The Kier molecular flexibility index (Phi) is 3.52. The number of aliphatic hydroxyl groups excluding tert-OH is 1. The Morgan fingerprint density at radius 2 is 1.59 bits per heavy atom. The van der Waals surface area contributed by atoms with Crippen LogP contribution < -0.4 is 0 Å². The largest absolute Gasteiger partial charge is 0.473 e. The maximum atomic E-state index is 9.81. The Labute approximate surface area is 100 Å². The molecule has 0 spiro atoms. The summed E-state index contributed by atoms with van der Waals surface area (Å²) in [5.41, 5.74) is 0.601. The predicted octanol–water partition coefficient (Wildman–Crippen LogP) is 1.35. The number of aliphatic carboxylic acids is 2. The van der Waals surface area contributed by atoms with Crippen molar-refractivity contribution in [3.8, 4) is 0 Å². The third-order valence-corrected chi connectivity index (χ3v) is 4.93. The van der Waals surface area contributed by atoms with Crippen LogP contribution in [0.3, 0.4) is 0 Å². The minimum absolute atomic E-state index is 0.0313. The minimum atomic E-state index is -1.82. The summed E-state index contributed by atoms with van der Waals surface area (Å²) in [6.07, 6.45) is 3.58. The van der Waals surface area contributed by atoms with Crippen LogP contribution in [0.25, 0.3) is 0 Å². The molecule has 17 heavy (non-hydrogen) atoms. The summed E-state index contributed by atoms with van der Waals surface area (Å²) in [6.45, 7) is 6.90. The minimum Gasteiger partial charge on any atom is -0.473 e. The molecule has 98 valence electrons. The van der Waals surface area contributed by atoms with E-state index >= 15 is 0 Å². The quantitative estimate of drug-likeness (QED) is 0.559. The molecule has 3 N–H and O–H groups in total.